The summed E-state index contributed by atoms with van der Waals surface area (Å²) in [4.78, 5) is 11.7. The van der Waals surface area contributed by atoms with Crippen LogP contribution in [-0.2, 0) is 0 Å². The van der Waals surface area contributed by atoms with Gasteiger partial charge in [0.1, 0.15) is 17.6 Å². The smallest absolute Gasteiger partial charge is 0.255 e. The molecular formula is C12H11FN2O2. The van der Waals surface area contributed by atoms with Gasteiger partial charge in [-0.3, -0.25) is 4.79 Å². The van der Waals surface area contributed by atoms with Gasteiger partial charge in [0, 0.05) is 6.07 Å². The van der Waals surface area contributed by atoms with Crippen LogP contribution in [0.15, 0.2) is 18.2 Å². The number of hydrogen-bond acceptors (Lipinski definition) is 3. The lowest BCUT2D eigenvalue weighted by atomic mass is 10.1. The van der Waals surface area contributed by atoms with Crippen LogP contribution in [0.4, 0.5) is 4.39 Å². The largest absolute Gasteiger partial charge is 0.508 e. The summed E-state index contributed by atoms with van der Waals surface area (Å²) in [6, 6.07) is 4.73. The van der Waals surface area contributed by atoms with Gasteiger partial charge in [-0.25, -0.2) is 4.39 Å². The van der Waals surface area contributed by atoms with Crippen molar-refractivity contribution in [3.8, 4) is 11.8 Å². The van der Waals surface area contributed by atoms with Gasteiger partial charge in [-0.15, -0.1) is 0 Å². The predicted octanol–water partition coefficient (Wildman–Crippen LogP) is 1.56. The number of halogens is 1. The minimum absolute atomic E-state index is 0.163. The van der Waals surface area contributed by atoms with Gasteiger partial charge in [0.15, 0.2) is 0 Å². The molecule has 1 aromatic carbocycles. The van der Waals surface area contributed by atoms with Crippen molar-refractivity contribution in [2.75, 3.05) is 0 Å². The van der Waals surface area contributed by atoms with Crippen molar-refractivity contribution < 1.29 is 14.3 Å². The maximum atomic E-state index is 13.4. The summed E-state index contributed by atoms with van der Waals surface area (Å²) in [6.07, 6.45) is 1.83. The van der Waals surface area contributed by atoms with Gasteiger partial charge in [-0.2, -0.15) is 5.26 Å². The van der Waals surface area contributed by atoms with Crippen LogP contribution in [0.2, 0.25) is 0 Å². The maximum absolute atomic E-state index is 13.4. The molecular weight excluding hydrogens is 223 g/mol. The van der Waals surface area contributed by atoms with Crippen molar-refractivity contribution in [1.29, 1.82) is 5.26 Å². The first kappa shape index (κ1) is 11.4. The number of amides is 1. The number of aromatic hydroxyl groups is 1. The molecule has 0 bridgehead atoms. The Hall–Kier alpha value is -2.09. The number of benzene rings is 1. The first-order valence-corrected chi connectivity index (χ1v) is 5.31. The quantitative estimate of drug-likeness (QED) is 0.833. The Morgan fingerprint density at radius 1 is 1.59 bits per heavy atom. The average molecular weight is 234 g/mol. The second kappa shape index (κ2) is 4.42. The van der Waals surface area contributed by atoms with E-state index < -0.39 is 17.8 Å². The monoisotopic (exact) mass is 234 g/mol. The van der Waals surface area contributed by atoms with E-state index in [2.05, 4.69) is 5.32 Å². The molecule has 1 saturated carbocycles. The number of hydrogen-bond donors (Lipinski definition) is 2. The molecule has 4 nitrogen and oxygen atoms in total. The molecule has 0 spiro atoms. The van der Waals surface area contributed by atoms with Crippen LogP contribution in [0, 0.1) is 23.1 Å². The highest BCUT2D eigenvalue weighted by Crippen LogP contribution is 2.32. The van der Waals surface area contributed by atoms with Crippen LogP contribution in [-0.4, -0.2) is 17.1 Å². The van der Waals surface area contributed by atoms with E-state index in [4.69, 9.17) is 10.4 Å². The molecule has 0 aromatic heterocycles. The minimum atomic E-state index is -0.796. The van der Waals surface area contributed by atoms with Gasteiger partial charge in [0.2, 0.25) is 0 Å². The van der Waals surface area contributed by atoms with Gasteiger partial charge in [0.05, 0.1) is 11.6 Å². The number of phenols is 1. The Morgan fingerprint density at radius 3 is 2.82 bits per heavy atom. The van der Waals surface area contributed by atoms with Gasteiger partial charge in [0.25, 0.3) is 5.91 Å². The molecule has 88 valence electrons. The maximum Gasteiger partial charge on any atom is 0.255 e. The lowest BCUT2D eigenvalue weighted by Crippen LogP contribution is -2.35. The SMILES string of the molecule is N#CC(NC(=O)c1ccc(O)cc1F)C1CC1. The van der Waals surface area contributed by atoms with Crippen LogP contribution in [0.25, 0.3) is 0 Å². The van der Waals surface area contributed by atoms with Crippen LogP contribution in [0.1, 0.15) is 23.2 Å². The highest BCUT2D eigenvalue weighted by molar-refractivity contribution is 5.95. The van der Waals surface area contributed by atoms with Gasteiger partial charge >= 0.3 is 0 Å². The summed E-state index contributed by atoms with van der Waals surface area (Å²) < 4.78 is 13.4. The molecule has 1 atom stereocenters. The summed E-state index contributed by atoms with van der Waals surface area (Å²) in [6.45, 7) is 0. The number of carbonyl (C=O) groups excluding carboxylic acids is 1. The summed E-state index contributed by atoms with van der Waals surface area (Å²) in [5.74, 6) is -1.47. The second-order valence-electron chi connectivity index (χ2n) is 4.08. The topological polar surface area (TPSA) is 73.1 Å². The zero-order valence-electron chi connectivity index (χ0n) is 8.98. The zero-order valence-corrected chi connectivity index (χ0v) is 8.98. The number of carbonyl (C=O) groups is 1. The van der Waals surface area contributed by atoms with Crippen molar-refractivity contribution in [2.24, 2.45) is 5.92 Å². The minimum Gasteiger partial charge on any atom is -0.508 e. The van der Waals surface area contributed by atoms with Gasteiger partial charge < -0.3 is 10.4 Å². The Balaban J connectivity index is 2.11. The first-order chi connectivity index (χ1) is 8.11. The molecule has 0 aliphatic heterocycles. The molecule has 0 saturated heterocycles. The third-order valence-corrected chi connectivity index (χ3v) is 2.72. The Labute approximate surface area is 97.7 Å². The summed E-state index contributed by atoms with van der Waals surface area (Å²) >= 11 is 0. The molecule has 1 unspecified atom stereocenters. The van der Waals surface area contributed by atoms with E-state index in [0.29, 0.717) is 0 Å². The van der Waals surface area contributed by atoms with E-state index in [9.17, 15) is 9.18 Å². The van der Waals surface area contributed by atoms with Crippen LogP contribution >= 0.6 is 0 Å². The number of nitrogens with one attached hydrogen (secondary N) is 1. The van der Waals surface area contributed by atoms with E-state index >= 15 is 0 Å². The fourth-order valence-electron chi connectivity index (χ4n) is 1.59. The number of phenolic OH excluding ortho intramolecular Hbond substituents is 1. The highest BCUT2D eigenvalue weighted by Gasteiger charge is 2.32. The average Bonchev–Trinajstić information content (AvgIpc) is 3.09. The van der Waals surface area contributed by atoms with E-state index in [1.807, 2.05) is 6.07 Å². The van der Waals surface area contributed by atoms with Crippen molar-refractivity contribution in [3.63, 3.8) is 0 Å². The molecule has 5 heteroatoms. The third-order valence-electron chi connectivity index (χ3n) is 2.72. The lowest BCUT2D eigenvalue weighted by Gasteiger charge is -2.10. The number of rotatable bonds is 3. The summed E-state index contributed by atoms with van der Waals surface area (Å²) in [5.41, 5.74) is -0.163. The van der Waals surface area contributed by atoms with E-state index in [-0.39, 0.29) is 17.2 Å². The number of nitriles is 1. The standard InChI is InChI=1S/C12H11FN2O2/c13-10-5-8(16)3-4-9(10)12(17)15-11(6-14)7-1-2-7/h3-5,7,11,16H,1-2H2,(H,15,17). The van der Waals surface area contributed by atoms with Crippen molar-refractivity contribution in [3.05, 3.63) is 29.6 Å². The first-order valence-electron chi connectivity index (χ1n) is 5.31. The molecule has 17 heavy (non-hydrogen) atoms. The van der Waals surface area contributed by atoms with E-state index in [1.54, 1.807) is 0 Å². The molecule has 2 N–H and O–H groups in total. The highest BCUT2D eigenvalue weighted by atomic mass is 19.1. The Morgan fingerprint density at radius 2 is 2.29 bits per heavy atom. The molecule has 1 aromatic rings. The van der Waals surface area contributed by atoms with Crippen molar-refractivity contribution >= 4 is 5.91 Å². The van der Waals surface area contributed by atoms with Crippen LogP contribution in [0.3, 0.4) is 0 Å². The summed E-state index contributed by atoms with van der Waals surface area (Å²) in [7, 11) is 0. The Kier molecular flexibility index (Phi) is 2.96. The van der Waals surface area contributed by atoms with E-state index in [0.717, 1.165) is 18.9 Å². The van der Waals surface area contributed by atoms with Crippen molar-refractivity contribution in [1.82, 2.24) is 5.32 Å². The molecule has 2 rings (SSSR count). The van der Waals surface area contributed by atoms with E-state index in [1.165, 1.54) is 12.1 Å². The molecule has 1 aliphatic rings. The fourth-order valence-corrected chi connectivity index (χ4v) is 1.59. The summed E-state index contributed by atoms with van der Waals surface area (Å²) in [5, 5.41) is 20.4. The van der Waals surface area contributed by atoms with Gasteiger partial charge in [-0.05, 0) is 30.9 Å². The molecule has 1 amide bonds. The van der Waals surface area contributed by atoms with Crippen LogP contribution in [0.5, 0.6) is 5.75 Å². The molecule has 0 heterocycles. The zero-order chi connectivity index (χ0) is 12.4. The fraction of sp³-hybridized carbons (Fsp3) is 0.333. The molecule has 0 radical (unpaired) electrons. The lowest BCUT2D eigenvalue weighted by molar-refractivity contribution is 0.0938. The van der Waals surface area contributed by atoms with Gasteiger partial charge in [-0.1, -0.05) is 0 Å². The molecule has 1 fully saturated rings. The molecule has 1 aliphatic carbocycles. The second-order valence-corrected chi connectivity index (χ2v) is 4.08. The predicted molar refractivity (Wildman–Crippen MR) is 57.7 cm³/mol. The normalized spacial score (nSPS) is 16.0. The van der Waals surface area contributed by atoms with Crippen LogP contribution < -0.4 is 5.32 Å². The number of nitrogens with zero attached hydrogens (tertiary/aromatic N) is 1. The third kappa shape index (κ3) is 2.53. The van der Waals surface area contributed by atoms with Crippen molar-refractivity contribution in [2.45, 2.75) is 18.9 Å². The Bertz CT molecular complexity index is 492.